The SMILES string of the molecule is CNC(c1ccc(Cl)c(Cl)c1)c1ccc(C)c(Br)c1. The lowest BCUT2D eigenvalue weighted by Crippen LogP contribution is -2.17. The molecule has 0 saturated carbocycles. The lowest BCUT2D eigenvalue weighted by molar-refractivity contribution is 0.691. The molecule has 0 amide bonds. The molecule has 0 aliphatic rings. The van der Waals surface area contributed by atoms with Gasteiger partial charge in [0.05, 0.1) is 16.1 Å². The third-order valence-electron chi connectivity index (χ3n) is 3.09. The standard InChI is InChI=1S/C15H14BrCl2N/c1-9-3-4-10(7-12(9)16)15(19-2)11-5-6-13(17)14(18)8-11/h3-8,15,19H,1-2H3. The molecule has 2 rings (SSSR count). The summed E-state index contributed by atoms with van der Waals surface area (Å²) in [7, 11) is 1.93. The number of halogens is 3. The highest BCUT2D eigenvalue weighted by Crippen LogP contribution is 2.30. The Bertz CT molecular complexity index is 547. The first-order valence-electron chi connectivity index (χ1n) is 5.91. The molecule has 100 valence electrons. The van der Waals surface area contributed by atoms with E-state index in [0.717, 1.165) is 10.0 Å². The maximum absolute atomic E-state index is 6.09. The molecular formula is C15H14BrCl2N. The van der Waals surface area contributed by atoms with Gasteiger partial charge in [0.15, 0.2) is 0 Å². The number of hydrogen-bond acceptors (Lipinski definition) is 1. The van der Waals surface area contributed by atoms with E-state index in [2.05, 4.69) is 46.4 Å². The van der Waals surface area contributed by atoms with Gasteiger partial charge in [0, 0.05) is 4.47 Å². The highest BCUT2D eigenvalue weighted by Gasteiger charge is 2.14. The Hall–Kier alpha value is -0.540. The fraction of sp³-hybridized carbons (Fsp3) is 0.200. The van der Waals surface area contributed by atoms with Crippen LogP contribution in [0.2, 0.25) is 10.0 Å². The number of nitrogens with one attached hydrogen (secondary N) is 1. The fourth-order valence-electron chi connectivity index (χ4n) is 2.01. The van der Waals surface area contributed by atoms with Crippen molar-refractivity contribution in [2.45, 2.75) is 13.0 Å². The van der Waals surface area contributed by atoms with Gasteiger partial charge >= 0.3 is 0 Å². The van der Waals surface area contributed by atoms with Crippen LogP contribution in [0.1, 0.15) is 22.7 Å². The minimum atomic E-state index is 0.0895. The Labute approximate surface area is 132 Å². The first kappa shape index (κ1) is 14.9. The van der Waals surface area contributed by atoms with Crippen LogP contribution in [-0.2, 0) is 0 Å². The van der Waals surface area contributed by atoms with E-state index in [1.165, 1.54) is 11.1 Å². The normalized spacial score (nSPS) is 12.5. The number of hydrogen-bond donors (Lipinski definition) is 1. The van der Waals surface area contributed by atoms with Crippen LogP contribution in [0.3, 0.4) is 0 Å². The van der Waals surface area contributed by atoms with Gasteiger partial charge < -0.3 is 5.32 Å². The lowest BCUT2D eigenvalue weighted by atomic mass is 9.98. The molecule has 0 aromatic heterocycles. The van der Waals surface area contributed by atoms with E-state index in [-0.39, 0.29) is 6.04 Å². The summed E-state index contributed by atoms with van der Waals surface area (Å²) >= 11 is 15.6. The van der Waals surface area contributed by atoms with E-state index in [0.29, 0.717) is 10.0 Å². The zero-order valence-corrected chi connectivity index (χ0v) is 13.8. The third-order valence-corrected chi connectivity index (χ3v) is 4.69. The first-order chi connectivity index (χ1) is 9.02. The van der Waals surface area contributed by atoms with Crippen molar-refractivity contribution >= 4 is 39.1 Å². The topological polar surface area (TPSA) is 12.0 Å². The summed E-state index contributed by atoms with van der Waals surface area (Å²) in [6, 6.07) is 12.1. The van der Waals surface area contributed by atoms with Gasteiger partial charge in [-0.15, -0.1) is 0 Å². The smallest absolute Gasteiger partial charge is 0.0595 e. The van der Waals surface area contributed by atoms with Gasteiger partial charge in [-0.2, -0.15) is 0 Å². The molecule has 19 heavy (non-hydrogen) atoms. The Morgan fingerprint density at radius 3 is 2.21 bits per heavy atom. The fourth-order valence-corrected chi connectivity index (χ4v) is 2.71. The molecule has 0 radical (unpaired) electrons. The zero-order valence-electron chi connectivity index (χ0n) is 10.7. The second-order valence-electron chi connectivity index (χ2n) is 4.40. The average molecular weight is 359 g/mol. The molecule has 1 nitrogen and oxygen atoms in total. The molecule has 0 fully saturated rings. The summed E-state index contributed by atoms with van der Waals surface area (Å²) in [5.41, 5.74) is 3.48. The molecule has 0 aliphatic carbocycles. The van der Waals surface area contributed by atoms with Gasteiger partial charge in [-0.05, 0) is 48.9 Å². The molecule has 4 heteroatoms. The summed E-state index contributed by atoms with van der Waals surface area (Å²) in [6.45, 7) is 2.07. The average Bonchev–Trinajstić information content (AvgIpc) is 2.39. The number of aryl methyl sites for hydroxylation is 1. The first-order valence-corrected chi connectivity index (χ1v) is 7.46. The van der Waals surface area contributed by atoms with E-state index in [4.69, 9.17) is 23.2 Å². The van der Waals surface area contributed by atoms with E-state index < -0.39 is 0 Å². The molecule has 0 aliphatic heterocycles. The van der Waals surface area contributed by atoms with Crippen molar-refractivity contribution in [3.63, 3.8) is 0 Å². The van der Waals surface area contributed by atoms with E-state index in [9.17, 15) is 0 Å². The third kappa shape index (κ3) is 3.32. The van der Waals surface area contributed by atoms with Gasteiger partial charge in [0.25, 0.3) is 0 Å². The number of rotatable bonds is 3. The van der Waals surface area contributed by atoms with Crippen molar-refractivity contribution in [2.75, 3.05) is 7.05 Å². The van der Waals surface area contributed by atoms with Crippen molar-refractivity contribution in [2.24, 2.45) is 0 Å². The summed E-state index contributed by atoms with van der Waals surface area (Å²) in [4.78, 5) is 0. The lowest BCUT2D eigenvalue weighted by Gasteiger charge is -2.18. The molecular weight excluding hydrogens is 345 g/mol. The van der Waals surface area contributed by atoms with Crippen molar-refractivity contribution in [3.05, 3.63) is 67.6 Å². The Kier molecular flexibility index (Phi) is 4.91. The van der Waals surface area contributed by atoms with Crippen LogP contribution < -0.4 is 5.32 Å². The van der Waals surface area contributed by atoms with Crippen LogP contribution in [0.4, 0.5) is 0 Å². The molecule has 1 N–H and O–H groups in total. The maximum Gasteiger partial charge on any atom is 0.0595 e. The quantitative estimate of drug-likeness (QED) is 0.777. The minimum Gasteiger partial charge on any atom is -0.309 e. The Balaban J connectivity index is 2.43. The number of benzene rings is 2. The predicted octanol–water partition coefficient (Wildman–Crippen LogP) is 5.37. The molecule has 0 bridgehead atoms. The van der Waals surface area contributed by atoms with Gasteiger partial charge in [-0.25, -0.2) is 0 Å². The second kappa shape index (κ2) is 6.27. The van der Waals surface area contributed by atoms with Crippen LogP contribution in [0, 0.1) is 6.92 Å². The van der Waals surface area contributed by atoms with Crippen LogP contribution in [0.5, 0.6) is 0 Å². The molecule has 0 spiro atoms. The van der Waals surface area contributed by atoms with Crippen molar-refractivity contribution in [1.29, 1.82) is 0 Å². The second-order valence-corrected chi connectivity index (χ2v) is 6.07. The summed E-state index contributed by atoms with van der Waals surface area (Å²) in [5.74, 6) is 0. The zero-order chi connectivity index (χ0) is 14.0. The molecule has 2 aromatic carbocycles. The van der Waals surface area contributed by atoms with Crippen LogP contribution in [-0.4, -0.2) is 7.05 Å². The van der Waals surface area contributed by atoms with Crippen LogP contribution in [0.15, 0.2) is 40.9 Å². The van der Waals surface area contributed by atoms with E-state index in [1.54, 1.807) is 0 Å². The predicted molar refractivity (Wildman–Crippen MR) is 86.2 cm³/mol. The van der Waals surface area contributed by atoms with Crippen LogP contribution in [0.25, 0.3) is 0 Å². The summed E-state index contributed by atoms with van der Waals surface area (Å²) < 4.78 is 1.10. The summed E-state index contributed by atoms with van der Waals surface area (Å²) in [6.07, 6.45) is 0. The van der Waals surface area contributed by atoms with E-state index >= 15 is 0 Å². The van der Waals surface area contributed by atoms with Crippen molar-refractivity contribution in [3.8, 4) is 0 Å². The van der Waals surface area contributed by atoms with Crippen molar-refractivity contribution in [1.82, 2.24) is 5.32 Å². The monoisotopic (exact) mass is 357 g/mol. The summed E-state index contributed by atoms with van der Waals surface area (Å²) in [5, 5.41) is 4.45. The van der Waals surface area contributed by atoms with E-state index in [1.807, 2.05) is 25.2 Å². The van der Waals surface area contributed by atoms with Gasteiger partial charge in [-0.3, -0.25) is 0 Å². The van der Waals surface area contributed by atoms with Crippen LogP contribution >= 0.6 is 39.1 Å². The van der Waals surface area contributed by atoms with Gasteiger partial charge in [-0.1, -0.05) is 57.3 Å². The van der Waals surface area contributed by atoms with Gasteiger partial charge in [0.1, 0.15) is 0 Å². The largest absolute Gasteiger partial charge is 0.309 e. The molecule has 2 aromatic rings. The molecule has 0 heterocycles. The molecule has 1 unspecified atom stereocenters. The maximum atomic E-state index is 6.09. The molecule has 1 atom stereocenters. The minimum absolute atomic E-state index is 0.0895. The highest BCUT2D eigenvalue weighted by atomic mass is 79.9. The highest BCUT2D eigenvalue weighted by molar-refractivity contribution is 9.10. The molecule has 0 saturated heterocycles. The Morgan fingerprint density at radius 1 is 1.00 bits per heavy atom. The van der Waals surface area contributed by atoms with Crippen molar-refractivity contribution < 1.29 is 0 Å². The van der Waals surface area contributed by atoms with Gasteiger partial charge in [0.2, 0.25) is 0 Å². The Morgan fingerprint density at radius 2 is 1.63 bits per heavy atom.